The maximum Gasteiger partial charge on any atom is 0.192 e. The summed E-state index contributed by atoms with van der Waals surface area (Å²) in [6, 6.07) is 17.4. The van der Waals surface area contributed by atoms with Crippen LogP contribution in [0.4, 0.5) is 4.39 Å². The molecule has 1 saturated carbocycles. The topological polar surface area (TPSA) is 43.6 Å². The maximum absolute atomic E-state index is 14.6. The first kappa shape index (κ1) is 20.4. The van der Waals surface area contributed by atoms with Gasteiger partial charge in [0.1, 0.15) is 10.8 Å². The summed E-state index contributed by atoms with van der Waals surface area (Å²) in [6.07, 6.45) is 5.81. The van der Waals surface area contributed by atoms with Gasteiger partial charge in [0.15, 0.2) is 11.0 Å². The quantitative estimate of drug-likeness (QED) is 0.297. The second-order valence-electron chi connectivity index (χ2n) is 7.75. The third-order valence-electron chi connectivity index (χ3n) is 5.64. The van der Waals surface area contributed by atoms with E-state index in [-0.39, 0.29) is 5.82 Å². The first-order valence-electron chi connectivity index (χ1n) is 10.6. The fraction of sp³-hybridized carbons (Fsp3) is 0.292. The molecule has 0 amide bonds. The Labute approximate surface area is 189 Å². The van der Waals surface area contributed by atoms with Crippen LogP contribution >= 0.6 is 23.1 Å². The number of rotatable bonds is 6. The van der Waals surface area contributed by atoms with Crippen molar-refractivity contribution >= 4 is 23.1 Å². The minimum Gasteiger partial charge on any atom is -0.299 e. The van der Waals surface area contributed by atoms with Gasteiger partial charge < -0.3 is 0 Å². The summed E-state index contributed by atoms with van der Waals surface area (Å²) in [5, 5.41) is 12.9. The van der Waals surface area contributed by atoms with E-state index < -0.39 is 0 Å². The molecule has 0 spiro atoms. The summed E-state index contributed by atoms with van der Waals surface area (Å²) >= 11 is 3.29. The summed E-state index contributed by atoms with van der Waals surface area (Å²) in [5.74, 6) is 1.09. The third-order valence-corrected chi connectivity index (χ3v) is 7.56. The van der Waals surface area contributed by atoms with Crippen molar-refractivity contribution in [1.82, 2.24) is 19.7 Å². The van der Waals surface area contributed by atoms with Gasteiger partial charge >= 0.3 is 0 Å². The van der Waals surface area contributed by atoms with Gasteiger partial charge in [-0.3, -0.25) is 4.57 Å². The highest BCUT2D eigenvalue weighted by molar-refractivity contribution is 7.98. The van der Waals surface area contributed by atoms with Crippen molar-refractivity contribution in [3.63, 3.8) is 0 Å². The summed E-state index contributed by atoms with van der Waals surface area (Å²) in [6.45, 7) is 0. The van der Waals surface area contributed by atoms with Crippen LogP contribution in [0.3, 0.4) is 0 Å². The Bertz CT molecular complexity index is 1150. The van der Waals surface area contributed by atoms with Crippen LogP contribution in [0.1, 0.15) is 43.8 Å². The van der Waals surface area contributed by atoms with Crippen molar-refractivity contribution in [2.24, 2.45) is 0 Å². The molecule has 2 heterocycles. The maximum atomic E-state index is 14.6. The standard InChI is InChI=1S/C24H23FN4S2/c25-21-14-8-7-13-20(21)22-27-28-24(29(22)19-11-5-2-6-12-19)31-16-18-15-30-23(26-18)17-9-3-1-4-10-17/h1,3-4,7-10,13-15,19H,2,5-6,11-12,16H2. The Kier molecular flexibility index (Phi) is 6.13. The average molecular weight is 451 g/mol. The molecule has 0 unspecified atom stereocenters. The smallest absolute Gasteiger partial charge is 0.192 e. The van der Waals surface area contributed by atoms with E-state index >= 15 is 0 Å². The number of halogens is 1. The molecule has 0 atom stereocenters. The molecule has 4 nitrogen and oxygen atoms in total. The van der Waals surface area contributed by atoms with Gasteiger partial charge in [-0.2, -0.15) is 0 Å². The molecule has 158 valence electrons. The monoisotopic (exact) mass is 450 g/mol. The number of hydrogen-bond acceptors (Lipinski definition) is 5. The molecule has 0 saturated heterocycles. The second-order valence-corrected chi connectivity index (χ2v) is 9.55. The van der Waals surface area contributed by atoms with Gasteiger partial charge in [-0.15, -0.1) is 21.5 Å². The predicted octanol–water partition coefficient (Wildman–Crippen LogP) is 7.01. The Morgan fingerprint density at radius 2 is 1.74 bits per heavy atom. The van der Waals surface area contributed by atoms with Gasteiger partial charge in [-0.25, -0.2) is 9.37 Å². The lowest BCUT2D eigenvalue weighted by atomic mass is 9.95. The van der Waals surface area contributed by atoms with Crippen LogP contribution < -0.4 is 0 Å². The molecule has 2 aromatic heterocycles. The van der Waals surface area contributed by atoms with E-state index in [0.717, 1.165) is 34.3 Å². The summed E-state index contributed by atoms with van der Waals surface area (Å²) in [5.41, 5.74) is 2.68. The first-order valence-corrected chi connectivity index (χ1v) is 12.5. The van der Waals surface area contributed by atoms with Gasteiger partial charge in [0, 0.05) is 22.7 Å². The highest BCUT2D eigenvalue weighted by Crippen LogP contribution is 2.37. The van der Waals surface area contributed by atoms with Crippen LogP contribution in [0.2, 0.25) is 0 Å². The molecule has 1 aliphatic carbocycles. The molecule has 7 heteroatoms. The highest BCUT2D eigenvalue weighted by atomic mass is 32.2. The number of hydrogen-bond donors (Lipinski definition) is 0. The fourth-order valence-corrected chi connectivity index (χ4v) is 5.92. The molecular formula is C24H23FN4S2. The zero-order valence-electron chi connectivity index (χ0n) is 17.1. The van der Waals surface area contributed by atoms with E-state index in [1.807, 2.05) is 24.3 Å². The largest absolute Gasteiger partial charge is 0.299 e. The highest BCUT2D eigenvalue weighted by Gasteiger charge is 2.25. The molecule has 0 radical (unpaired) electrons. The van der Waals surface area contributed by atoms with E-state index in [9.17, 15) is 4.39 Å². The van der Waals surface area contributed by atoms with Gasteiger partial charge in [0.05, 0.1) is 11.3 Å². The van der Waals surface area contributed by atoms with Crippen molar-refractivity contribution < 1.29 is 4.39 Å². The fourth-order valence-electron chi connectivity index (χ4n) is 4.10. The van der Waals surface area contributed by atoms with Crippen molar-refractivity contribution in [1.29, 1.82) is 0 Å². The average Bonchev–Trinajstić information content (AvgIpc) is 3.46. The number of thiazole rings is 1. The Morgan fingerprint density at radius 3 is 2.55 bits per heavy atom. The van der Waals surface area contributed by atoms with Crippen molar-refractivity contribution in [3.8, 4) is 22.0 Å². The Morgan fingerprint density at radius 1 is 0.968 bits per heavy atom. The molecule has 0 bridgehead atoms. The number of nitrogens with zero attached hydrogens (tertiary/aromatic N) is 4. The molecule has 1 fully saturated rings. The van der Waals surface area contributed by atoms with E-state index in [4.69, 9.17) is 4.98 Å². The molecule has 5 rings (SSSR count). The zero-order chi connectivity index (χ0) is 21.0. The lowest BCUT2D eigenvalue weighted by molar-refractivity contribution is 0.339. The van der Waals surface area contributed by atoms with E-state index in [1.54, 1.807) is 35.2 Å². The van der Waals surface area contributed by atoms with Gasteiger partial charge in [0.25, 0.3) is 0 Å². The Hall–Kier alpha value is -2.51. The molecule has 1 aliphatic rings. The normalized spacial score (nSPS) is 14.7. The van der Waals surface area contributed by atoms with Gasteiger partial charge in [-0.05, 0) is 25.0 Å². The number of benzene rings is 2. The van der Waals surface area contributed by atoms with Crippen LogP contribution in [-0.2, 0) is 5.75 Å². The predicted molar refractivity (Wildman–Crippen MR) is 125 cm³/mol. The zero-order valence-corrected chi connectivity index (χ0v) is 18.7. The number of aromatic nitrogens is 4. The summed E-state index contributed by atoms with van der Waals surface area (Å²) in [4.78, 5) is 4.80. The SMILES string of the molecule is Fc1ccccc1-c1nnc(SCc2csc(-c3ccccc3)n2)n1C1CCCCC1. The van der Waals surface area contributed by atoms with Crippen molar-refractivity contribution in [2.75, 3.05) is 0 Å². The minimum absolute atomic E-state index is 0.254. The molecule has 0 N–H and O–H groups in total. The summed E-state index contributed by atoms with van der Waals surface area (Å²) < 4.78 is 16.7. The molecule has 31 heavy (non-hydrogen) atoms. The van der Waals surface area contributed by atoms with Crippen LogP contribution in [0.25, 0.3) is 22.0 Å². The second kappa shape index (κ2) is 9.32. The van der Waals surface area contributed by atoms with Crippen molar-refractivity contribution in [3.05, 3.63) is 71.5 Å². The van der Waals surface area contributed by atoms with Crippen molar-refractivity contribution in [2.45, 2.75) is 49.1 Å². The van der Waals surface area contributed by atoms with Gasteiger partial charge in [0.2, 0.25) is 0 Å². The molecule has 4 aromatic rings. The Balaban J connectivity index is 1.41. The lowest BCUT2D eigenvalue weighted by Crippen LogP contribution is -2.15. The number of thioether (sulfide) groups is 1. The molecule has 0 aliphatic heterocycles. The summed E-state index contributed by atoms with van der Waals surface area (Å²) in [7, 11) is 0. The van der Waals surface area contributed by atoms with Crippen LogP contribution in [0.5, 0.6) is 0 Å². The molecule has 2 aromatic carbocycles. The van der Waals surface area contributed by atoms with E-state index in [0.29, 0.717) is 23.2 Å². The van der Waals surface area contributed by atoms with Crippen LogP contribution in [0, 0.1) is 5.82 Å². The van der Waals surface area contributed by atoms with Crippen LogP contribution in [-0.4, -0.2) is 19.7 Å². The first-order chi connectivity index (χ1) is 15.3. The van der Waals surface area contributed by atoms with Crippen LogP contribution in [0.15, 0.2) is 65.1 Å². The van der Waals surface area contributed by atoms with E-state index in [2.05, 4.69) is 32.3 Å². The van der Waals surface area contributed by atoms with E-state index in [1.165, 1.54) is 25.3 Å². The minimum atomic E-state index is -0.254. The third kappa shape index (κ3) is 4.43. The lowest BCUT2D eigenvalue weighted by Gasteiger charge is -2.25. The molecular weight excluding hydrogens is 427 g/mol. The van der Waals surface area contributed by atoms with Gasteiger partial charge in [-0.1, -0.05) is 73.5 Å².